The molecule has 0 aromatic carbocycles. The smallest absolute Gasteiger partial charge is 0.321 e. The number of nitrogens with zero attached hydrogens (tertiary/aromatic N) is 3. The molecule has 0 saturated carbocycles. The maximum atomic E-state index is 5.14. The number of nitrogens with one attached hydrogen (secondary N) is 1. The lowest BCUT2D eigenvalue weighted by atomic mass is 9.93. The normalized spacial score (nSPS) is 12.5. The molecule has 1 aromatic rings. The molecule has 5 nitrogen and oxygen atoms in total. The van der Waals surface area contributed by atoms with E-state index in [4.69, 9.17) is 4.52 Å². The zero-order chi connectivity index (χ0) is 13.1. The summed E-state index contributed by atoms with van der Waals surface area (Å²) in [5, 5.41) is 7.12. The van der Waals surface area contributed by atoms with Crippen LogP contribution in [0.25, 0.3) is 0 Å². The van der Waals surface area contributed by atoms with Crippen molar-refractivity contribution in [3.05, 3.63) is 5.82 Å². The van der Waals surface area contributed by atoms with Gasteiger partial charge in [-0.2, -0.15) is 4.98 Å². The molecule has 0 atom stereocenters. The maximum Gasteiger partial charge on any atom is 0.321 e. The Hall–Kier alpha value is -1.10. The molecule has 0 radical (unpaired) electrons. The minimum absolute atomic E-state index is 0.163. The van der Waals surface area contributed by atoms with Crippen molar-refractivity contribution in [3.63, 3.8) is 0 Å². The zero-order valence-corrected chi connectivity index (χ0v) is 11.7. The molecule has 1 N–H and O–H groups in total. The van der Waals surface area contributed by atoms with Gasteiger partial charge in [0, 0.05) is 19.0 Å². The Balaban J connectivity index is 2.49. The van der Waals surface area contributed by atoms with Crippen LogP contribution in [0, 0.1) is 5.41 Å². The van der Waals surface area contributed by atoms with Crippen molar-refractivity contribution in [1.29, 1.82) is 0 Å². The Morgan fingerprint density at radius 3 is 2.47 bits per heavy atom. The SMILES string of the molecule is CC(C)c1noc(NCC(C)(C)CN(C)C)n1. The third-order valence-electron chi connectivity index (χ3n) is 2.42. The Kier molecular flexibility index (Phi) is 4.51. The van der Waals surface area contributed by atoms with Gasteiger partial charge >= 0.3 is 6.01 Å². The van der Waals surface area contributed by atoms with E-state index in [-0.39, 0.29) is 5.41 Å². The van der Waals surface area contributed by atoms with Crippen molar-refractivity contribution in [3.8, 4) is 0 Å². The summed E-state index contributed by atoms with van der Waals surface area (Å²) in [7, 11) is 4.15. The first-order valence-corrected chi connectivity index (χ1v) is 6.02. The van der Waals surface area contributed by atoms with Crippen LogP contribution in [0.5, 0.6) is 0 Å². The van der Waals surface area contributed by atoms with E-state index in [9.17, 15) is 0 Å². The Bertz CT molecular complexity index is 344. The summed E-state index contributed by atoms with van der Waals surface area (Å²) < 4.78 is 5.14. The Morgan fingerprint density at radius 2 is 2.00 bits per heavy atom. The first-order chi connectivity index (χ1) is 7.80. The van der Waals surface area contributed by atoms with Crippen molar-refractivity contribution in [1.82, 2.24) is 15.0 Å². The standard InChI is InChI=1S/C12H24N4O/c1-9(2)10-14-11(17-15-10)13-7-12(3,4)8-16(5)6/h9H,7-8H2,1-6H3,(H,13,14,15). The first kappa shape index (κ1) is 14.0. The van der Waals surface area contributed by atoms with Crippen LogP contribution in [0.1, 0.15) is 39.4 Å². The molecule has 0 fully saturated rings. The summed E-state index contributed by atoms with van der Waals surface area (Å²) in [6.07, 6.45) is 0. The summed E-state index contributed by atoms with van der Waals surface area (Å²) >= 11 is 0. The molecule has 0 saturated heterocycles. The molecule has 0 aliphatic carbocycles. The molecule has 0 bridgehead atoms. The van der Waals surface area contributed by atoms with E-state index in [1.54, 1.807) is 0 Å². The van der Waals surface area contributed by atoms with E-state index >= 15 is 0 Å². The Morgan fingerprint density at radius 1 is 1.35 bits per heavy atom. The highest BCUT2D eigenvalue weighted by atomic mass is 16.5. The van der Waals surface area contributed by atoms with Gasteiger partial charge < -0.3 is 14.7 Å². The third-order valence-corrected chi connectivity index (χ3v) is 2.42. The number of hydrogen-bond acceptors (Lipinski definition) is 5. The topological polar surface area (TPSA) is 54.2 Å². The van der Waals surface area contributed by atoms with Crippen LogP contribution in [0.3, 0.4) is 0 Å². The van der Waals surface area contributed by atoms with Crippen LogP contribution >= 0.6 is 0 Å². The third kappa shape index (κ3) is 4.73. The van der Waals surface area contributed by atoms with E-state index in [1.807, 2.05) is 13.8 Å². The van der Waals surface area contributed by atoms with Crippen molar-refractivity contribution in [2.75, 3.05) is 32.5 Å². The van der Waals surface area contributed by atoms with Gasteiger partial charge in [0.15, 0.2) is 5.82 Å². The molecule has 17 heavy (non-hydrogen) atoms. The van der Waals surface area contributed by atoms with E-state index < -0.39 is 0 Å². The van der Waals surface area contributed by atoms with Crippen LogP contribution in [0.2, 0.25) is 0 Å². The molecule has 5 heteroatoms. The predicted molar refractivity (Wildman–Crippen MR) is 69.2 cm³/mol. The van der Waals surface area contributed by atoms with Gasteiger partial charge in [-0.05, 0) is 19.5 Å². The summed E-state index contributed by atoms with van der Waals surface area (Å²) in [5.74, 6) is 1.04. The molecular weight excluding hydrogens is 216 g/mol. The van der Waals surface area contributed by atoms with Crippen LogP contribution in [-0.2, 0) is 0 Å². The highest BCUT2D eigenvalue weighted by Crippen LogP contribution is 2.18. The fourth-order valence-corrected chi connectivity index (χ4v) is 1.77. The van der Waals surface area contributed by atoms with Crippen LogP contribution in [0.15, 0.2) is 4.52 Å². The van der Waals surface area contributed by atoms with Gasteiger partial charge in [0.25, 0.3) is 0 Å². The van der Waals surface area contributed by atoms with Gasteiger partial charge in [-0.15, -0.1) is 0 Å². The minimum atomic E-state index is 0.163. The van der Waals surface area contributed by atoms with Crippen molar-refractivity contribution < 1.29 is 4.52 Å². The number of rotatable bonds is 6. The molecule has 1 rings (SSSR count). The van der Waals surface area contributed by atoms with Crippen LogP contribution < -0.4 is 5.32 Å². The molecular formula is C12H24N4O. The number of anilines is 1. The molecule has 0 spiro atoms. The molecule has 0 aliphatic rings. The van der Waals surface area contributed by atoms with Gasteiger partial charge in [0.1, 0.15) is 0 Å². The zero-order valence-electron chi connectivity index (χ0n) is 11.7. The van der Waals surface area contributed by atoms with Gasteiger partial charge in [0.05, 0.1) is 0 Å². The second kappa shape index (κ2) is 5.49. The molecule has 98 valence electrons. The van der Waals surface area contributed by atoms with Gasteiger partial charge in [0.2, 0.25) is 0 Å². The number of aromatic nitrogens is 2. The summed E-state index contributed by atoms with van der Waals surface area (Å²) in [4.78, 5) is 6.47. The summed E-state index contributed by atoms with van der Waals surface area (Å²) in [6, 6.07) is 0.514. The number of hydrogen-bond donors (Lipinski definition) is 1. The highest BCUT2D eigenvalue weighted by Gasteiger charge is 2.20. The van der Waals surface area contributed by atoms with Crippen LogP contribution in [0.4, 0.5) is 6.01 Å². The predicted octanol–water partition coefficient (Wildman–Crippen LogP) is 2.19. The molecule has 0 aliphatic heterocycles. The van der Waals surface area contributed by atoms with Gasteiger partial charge in [-0.25, -0.2) is 0 Å². The van der Waals surface area contributed by atoms with Gasteiger partial charge in [-0.1, -0.05) is 32.9 Å². The minimum Gasteiger partial charge on any atom is -0.337 e. The first-order valence-electron chi connectivity index (χ1n) is 6.02. The van der Waals surface area contributed by atoms with E-state index in [0.29, 0.717) is 11.9 Å². The molecule has 0 unspecified atom stereocenters. The highest BCUT2D eigenvalue weighted by molar-refractivity contribution is 5.19. The second-order valence-corrected chi connectivity index (χ2v) is 5.87. The molecule has 1 heterocycles. The average molecular weight is 240 g/mol. The van der Waals surface area contributed by atoms with Crippen molar-refractivity contribution in [2.24, 2.45) is 5.41 Å². The van der Waals surface area contributed by atoms with Gasteiger partial charge in [-0.3, -0.25) is 0 Å². The molecule has 1 aromatic heterocycles. The summed E-state index contributed by atoms with van der Waals surface area (Å²) in [5.41, 5.74) is 0.163. The van der Waals surface area contributed by atoms with E-state index in [2.05, 4.69) is 48.3 Å². The average Bonchev–Trinajstić information content (AvgIpc) is 2.61. The lowest BCUT2D eigenvalue weighted by Gasteiger charge is -2.27. The maximum absolute atomic E-state index is 5.14. The lowest BCUT2D eigenvalue weighted by Crippen LogP contribution is -2.34. The van der Waals surface area contributed by atoms with E-state index in [1.165, 1.54) is 0 Å². The second-order valence-electron chi connectivity index (χ2n) is 5.87. The van der Waals surface area contributed by atoms with Crippen molar-refractivity contribution in [2.45, 2.75) is 33.6 Å². The van der Waals surface area contributed by atoms with Crippen molar-refractivity contribution >= 4 is 6.01 Å². The molecule has 0 amide bonds. The Labute approximate surface area is 104 Å². The monoisotopic (exact) mass is 240 g/mol. The fourth-order valence-electron chi connectivity index (χ4n) is 1.77. The fraction of sp³-hybridized carbons (Fsp3) is 0.833. The lowest BCUT2D eigenvalue weighted by molar-refractivity contribution is 0.252. The van der Waals surface area contributed by atoms with Crippen LogP contribution in [-0.4, -0.2) is 42.2 Å². The summed E-state index contributed by atoms with van der Waals surface area (Å²) in [6.45, 7) is 10.3. The quantitative estimate of drug-likeness (QED) is 0.826. The van der Waals surface area contributed by atoms with E-state index in [0.717, 1.165) is 18.9 Å². The largest absolute Gasteiger partial charge is 0.337 e.